The van der Waals surface area contributed by atoms with Gasteiger partial charge in [0.25, 0.3) is 0 Å². The number of aromatic nitrogens is 1. The molecular weight excluding hydrogens is 246 g/mol. The van der Waals surface area contributed by atoms with Gasteiger partial charge in [-0.1, -0.05) is 38.0 Å². The number of rotatable bonds is 5. The minimum absolute atomic E-state index is 0.744. The molecule has 2 nitrogen and oxygen atoms in total. The minimum atomic E-state index is 0.744. The topological polar surface area (TPSA) is 22.0 Å². The summed E-state index contributed by atoms with van der Waals surface area (Å²) in [6, 6.07) is 14.4. The number of carbonyl (C=O) groups is 1. The van der Waals surface area contributed by atoms with Gasteiger partial charge in [0, 0.05) is 33.9 Å². The van der Waals surface area contributed by atoms with Crippen LogP contribution in [-0.4, -0.2) is 10.9 Å². The maximum atomic E-state index is 11.0. The second kappa shape index (κ2) is 5.49. The van der Waals surface area contributed by atoms with Crippen molar-refractivity contribution in [3.8, 4) is 0 Å². The van der Waals surface area contributed by atoms with Gasteiger partial charge < -0.3 is 4.57 Å². The lowest BCUT2D eigenvalue weighted by Crippen LogP contribution is -1.97. The lowest BCUT2D eigenvalue weighted by atomic mass is 10.1. The van der Waals surface area contributed by atoms with Crippen LogP contribution in [0.3, 0.4) is 0 Å². The van der Waals surface area contributed by atoms with E-state index >= 15 is 0 Å². The zero-order valence-corrected chi connectivity index (χ0v) is 11.8. The Bertz CT molecular complexity index is 755. The van der Waals surface area contributed by atoms with Crippen molar-refractivity contribution in [2.24, 2.45) is 0 Å². The molecule has 0 radical (unpaired) electrons. The van der Waals surface area contributed by atoms with Crippen LogP contribution < -0.4 is 0 Å². The first kappa shape index (κ1) is 12.9. The molecule has 0 amide bonds. The van der Waals surface area contributed by atoms with Crippen molar-refractivity contribution in [3.63, 3.8) is 0 Å². The third kappa shape index (κ3) is 2.11. The van der Waals surface area contributed by atoms with E-state index in [2.05, 4.69) is 41.8 Å². The van der Waals surface area contributed by atoms with E-state index in [0.29, 0.717) is 0 Å². The van der Waals surface area contributed by atoms with Crippen molar-refractivity contribution in [3.05, 3.63) is 48.0 Å². The van der Waals surface area contributed by atoms with E-state index < -0.39 is 0 Å². The molecule has 102 valence electrons. The molecule has 0 aliphatic carbocycles. The van der Waals surface area contributed by atoms with Gasteiger partial charge in [0.05, 0.1) is 0 Å². The van der Waals surface area contributed by atoms with Gasteiger partial charge in [-0.25, -0.2) is 0 Å². The van der Waals surface area contributed by atoms with Gasteiger partial charge in [-0.15, -0.1) is 0 Å². The quantitative estimate of drug-likeness (QED) is 0.480. The average molecular weight is 265 g/mol. The Morgan fingerprint density at radius 2 is 1.80 bits per heavy atom. The largest absolute Gasteiger partial charge is 0.340 e. The Hall–Kier alpha value is -2.09. The van der Waals surface area contributed by atoms with Crippen LogP contribution >= 0.6 is 0 Å². The molecule has 0 bridgehead atoms. The first-order valence-corrected chi connectivity index (χ1v) is 7.31. The number of benzene rings is 2. The molecule has 0 aliphatic rings. The first-order chi connectivity index (χ1) is 9.85. The number of carbonyl (C=O) groups excluding carboxylic acids is 1. The molecule has 20 heavy (non-hydrogen) atoms. The molecule has 0 saturated carbocycles. The summed E-state index contributed by atoms with van der Waals surface area (Å²) < 4.78 is 2.38. The van der Waals surface area contributed by atoms with E-state index in [0.717, 1.165) is 18.4 Å². The van der Waals surface area contributed by atoms with Gasteiger partial charge in [-0.05, 0) is 30.7 Å². The SMILES string of the molecule is CCCCCn1c2ccccc2c2cc(C=O)ccc21. The highest BCUT2D eigenvalue weighted by Crippen LogP contribution is 2.29. The standard InChI is InChI=1S/C18H19NO/c1-2-3-6-11-19-17-8-5-4-7-15(17)16-12-14(13-20)9-10-18(16)19/h4-5,7-10,12-13H,2-3,6,11H2,1H3. The second-order valence-corrected chi connectivity index (χ2v) is 5.27. The summed E-state index contributed by atoms with van der Waals surface area (Å²) in [4.78, 5) is 11.0. The monoisotopic (exact) mass is 265 g/mol. The number of hydrogen-bond acceptors (Lipinski definition) is 1. The van der Waals surface area contributed by atoms with Gasteiger partial charge >= 0.3 is 0 Å². The van der Waals surface area contributed by atoms with Gasteiger partial charge in [0.2, 0.25) is 0 Å². The van der Waals surface area contributed by atoms with Crippen LogP contribution in [0.5, 0.6) is 0 Å². The molecule has 3 aromatic rings. The van der Waals surface area contributed by atoms with Crippen molar-refractivity contribution < 1.29 is 4.79 Å². The number of fused-ring (bicyclic) bond motifs is 3. The maximum absolute atomic E-state index is 11.0. The fraction of sp³-hybridized carbons (Fsp3) is 0.278. The fourth-order valence-electron chi connectivity index (χ4n) is 2.91. The Labute approximate surface area is 119 Å². The number of aryl methyl sites for hydroxylation is 1. The summed E-state index contributed by atoms with van der Waals surface area (Å²) in [7, 11) is 0. The van der Waals surface area contributed by atoms with Crippen molar-refractivity contribution in [2.75, 3.05) is 0 Å². The molecule has 0 spiro atoms. The van der Waals surface area contributed by atoms with Crippen LogP contribution in [0.25, 0.3) is 21.8 Å². The third-order valence-electron chi connectivity index (χ3n) is 3.92. The van der Waals surface area contributed by atoms with Crippen molar-refractivity contribution in [1.29, 1.82) is 0 Å². The van der Waals surface area contributed by atoms with Crippen molar-refractivity contribution >= 4 is 28.1 Å². The minimum Gasteiger partial charge on any atom is -0.340 e. The molecule has 1 heterocycles. The number of para-hydroxylation sites is 1. The maximum Gasteiger partial charge on any atom is 0.150 e. The van der Waals surface area contributed by atoms with Crippen molar-refractivity contribution in [1.82, 2.24) is 4.57 Å². The van der Waals surface area contributed by atoms with Gasteiger partial charge in [0.1, 0.15) is 6.29 Å². The number of hydrogen-bond donors (Lipinski definition) is 0. The smallest absolute Gasteiger partial charge is 0.150 e. The molecule has 2 aromatic carbocycles. The van der Waals surface area contributed by atoms with E-state index in [-0.39, 0.29) is 0 Å². The van der Waals surface area contributed by atoms with Gasteiger partial charge in [-0.3, -0.25) is 4.79 Å². The summed E-state index contributed by atoms with van der Waals surface area (Å²) in [6.45, 7) is 3.26. The fourth-order valence-corrected chi connectivity index (χ4v) is 2.91. The molecule has 0 saturated heterocycles. The predicted octanol–water partition coefficient (Wildman–Crippen LogP) is 4.80. The number of aldehydes is 1. The lowest BCUT2D eigenvalue weighted by Gasteiger charge is -2.06. The Morgan fingerprint density at radius 1 is 1.00 bits per heavy atom. The van der Waals surface area contributed by atoms with E-state index in [1.807, 2.05) is 12.1 Å². The third-order valence-corrected chi connectivity index (χ3v) is 3.92. The highest BCUT2D eigenvalue weighted by atomic mass is 16.1. The number of unbranched alkanes of at least 4 members (excludes halogenated alkanes) is 2. The molecular formula is C18H19NO. The van der Waals surface area contributed by atoms with Crippen LogP contribution in [0.1, 0.15) is 36.5 Å². The molecule has 0 aliphatic heterocycles. The zero-order valence-electron chi connectivity index (χ0n) is 11.8. The highest BCUT2D eigenvalue weighted by Gasteiger charge is 2.10. The summed E-state index contributed by atoms with van der Waals surface area (Å²) in [6.07, 6.45) is 4.59. The van der Waals surface area contributed by atoms with Gasteiger partial charge in [-0.2, -0.15) is 0 Å². The highest BCUT2D eigenvalue weighted by molar-refractivity contribution is 6.09. The lowest BCUT2D eigenvalue weighted by molar-refractivity contribution is 0.112. The molecule has 1 aromatic heterocycles. The number of nitrogens with zero attached hydrogens (tertiary/aromatic N) is 1. The normalized spacial score (nSPS) is 11.2. The molecule has 0 unspecified atom stereocenters. The van der Waals surface area contributed by atoms with Crippen LogP contribution in [0, 0.1) is 0 Å². The van der Waals surface area contributed by atoms with E-state index in [1.165, 1.54) is 41.1 Å². The van der Waals surface area contributed by atoms with E-state index in [4.69, 9.17) is 0 Å². The zero-order chi connectivity index (χ0) is 13.9. The van der Waals surface area contributed by atoms with Crippen LogP contribution in [-0.2, 0) is 6.54 Å². The van der Waals surface area contributed by atoms with Crippen LogP contribution in [0.4, 0.5) is 0 Å². The van der Waals surface area contributed by atoms with E-state index in [1.54, 1.807) is 0 Å². The molecule has 0 N–H and O–H groups in total. The van der Waals surface area contributed by atoms with E-state index in [9.17, 15) is 4.79 Å². The Kier molecular flexibility index (Phi) is 3.55. The van der Waals surface area contributed by atoms with Gasteiger partial charge in [0.15, 0.2) is 0 Å². The average Bonchev–Trinajstić information content (AvgIpc) is 2.81. The molecule has 3 rings (SSSR count). The molecule has 2 heteroatoms. The van der Waals surface area contributed by atoms with Crippen LogP contribution in [0.15, 0.2) is 42.5 Å². The summed E-state index contributed by atoms with van der Waals surface area (Å²) >= 11 is 0. The molecule has 0 fully saturated rings. The summed E-state index contributed by atoms with van der Waals surface area (Å²) in [5.41, 5.74) is 3.24. The van der Waals surface area contributed by atoms with Crippen molar-refractivity contribution in [2.45, 2.75) is 32.7 Å². The Balaban J connectivity index is 2.21. The Morgan fingerprint density at radius 3 is 2.60 bits per heavy atom. The summed E-state index contributed by atoms with van der Waals surface area (Å²) in [5, 5.41) is 2.42. The second-order valence-electron chi connectivity index (χ2n) is 5.27. The first-order valence-electron chi connectivity index (χ1n) is 7.31. The summed E-state index contributed by atoms with van der Waals surface area (Å²) in [5.74, 6) is 0. The predicted molar refractivity (Wildman–Crippen MR) is 84.4 cm³/mol. The van der Waals surface area contributed by atoms with Crippen LogP contribution in [0.2, 0.25) is 0 Å². The molecule has 0 atom stereocenters.